The summed E-state index contributed by atoms with van der Waals surface area (Å²) in [5.74, 6) is -2.72. The van der Waals surface area contributed by atoms with Gasteiger partial charge in [0.25, 0.3) is 5.91 Å². The molecular formula is C40H47F5N4O4. The Hall–Kier alpha value is -4.19. The Morgan fingerprint density at radius 3 is 2.43 bits per heavy atom. The fourth-order valence-corrected chi connectivity index (χ4v) is 8.45. The number of allylic oxidation sites excluding steroid dienone is 2. The number of methoxy groups -OCH3 is 1. The highest BCUT2D eigenvalue weighted by atomic mass is 19.4. The number of piperidine rings is 1. The molecule has 1 aliphatic carbocycles. The van der Waals surface area contributed by atoms with Crippen LogP contribution in [0.2, 0.25) is 0 Å². The molecule has 0 bridgehead atoms. The molecule has 0 aromatic heterocycles. The first kappa shape index (κ1) is 38.5. The van der Waals surface area contributed by atoms with Crippen molar-refractivity contribution in [1.29, 1.82) is 0 Å². The number of hydrogen-bond donors (Lipinski definition) is 2. The lowest BCUT2D eigenvalue weighted by molar-refractivity contribution is -0.287. The van der Waals surface area contributed by atoms with Crippen molar-refractivity contribution in [3.05, 3.63) is 81.4 Å². The Morgan fingerprint density at radius 1 is 1.08 bits per heavy atom. The van der Waals surface area contributed by atoms with E-state index in [2.05, 4.69) is 40.7 Å². The maximum Gasteiger partial charge on any atom is 0.454 e. The maximum absolute atomic E-state index is 14.1. The second kappa shape index (κ2) is 15.3. The van der Waals surface area contributed by atoms with Crippen LogP contribution in [0.25, 0.3) is 11.1 Å². The summed E-state index contributed by atoms with van der Waals surface area (Å²) in [6, 6.07) is 10.5. The third-order valence-electron chi connectivity index (χ3n) is 11.5. The van der Waals surface area contributed by atoms with Crippen LogP contribution < -0.4 is 15.5 Å². The van der Waals surface area contributed by atoms with Gasteiger partial charge in [0, 0.05) is 54.9 Å². The first-order chi connectivity index (χ1) is 25.2. The van der Waals surface area contributed by atoms with Gasteiger partial charge < -0.3 is 25.0 Å². The van der Waals surface area contributed by atoms with E-state index < -0.39 is 18.6 Å². The van der Waals surface area contributed by atoms with Gasteiger partial charge in [-0.1, -0.05) is 18.2 Å². The number of ether oxygens (including phenoxy) is 2. The molecule has 2 aromatic carbocycles. The molecule has 4 aliphatic rings. The summed E-state index contributed by atoms with van der Waals surface area (Å²) in [4.78, 5) is 29.5. The van der Waals surface area contributed by atoms with Gasteiger partial charge >= 0.3 is 12.1 Å². The maximum atomic E-state index is 14.1. The molecule has 1 spiro atoms. The number of halogens is 5. The summed E-state index contributed by atoms with van der Waals surface area (Å²) in [6.07, 6.45) is 0.435. The highest BCUT2D eigenvalue weighted by Crippen LogP contribution is 2.48. The molecule has 286 valence electrons. The summed E-state index contributed by atoms with van der Waals surface area (Å²) < 4.78 is 77.9. The summed E-state index contributed by atoms with van der Waals surface area (Å²) in [6.45, 7) is 6.83. The SMILES string of the molecule is CCN(c1cc(-c2ccc3c(c2)C2(CC3)CCN(CC(F)(F)C(F)(F)F)CC2)cc(C(=O)NCC2=C(OC)C=C(C)NC2=C=O)c1C)C1CCOCC1. The number of carbonyl (C=O) groups excluding carboxylic acids is 2. The van der Waals surface area contributed by atoms with Crippen LogP contribution in [-0.2, 0) is 26.1 Å². The van der Waals surface area contributed by atoms with Gasteiger partial charge in [-0.15, -0.1) is 0 Å². The van der Waals surface area contributed by atoms with Crippen molar-refractivity contribution in [1.82, 2.24) is 15.5 Å². The third-order valence-corrected chi connectivity index (χ3v) is 11.5. The zero-order valence-corrected chi connectivity index (χ0v) is 30.7. The largest absolute Gasteiger partial charge is 0.496 e. The Bertz CT molecular complexity index is 1830. The summed E-state index contributed by atoms with van der Waals surface area (Å²) in [5.41, 5.74) is 7.24. The lowest BCUT2D eigenvalue weighted by Crippen LogP contribution is -2.51. The minimum Gasteiger partial charge on any atom is -0.496 e. The number of carbonyl (C=O) groups is 1. The molecule has 0 radical (unpaired) electrons. The molecule has 0 unspecified atom stereocenters. The van der Waals surface area contributed by atoms with Crippen molar-refractivity contribution < 1.29 is 41.0 Å². The molecule has 6 rings (SSSR count). The highest BCUT2D eigenvalue weighted by Gasteiger charge is 2.58. The van der Waals surface area contributed by atoms with Gasteiger partial charge in [-0.3, -0.25) is 9.69 Å². The molecular weight excluding hydrogens is 695 g/mol. The van der Waals surface area contributed by atoms with Gasteiger partial charge in [0.15, 0.2) is 5.94 Å². The fraction of sp³-hybridized carbons (Fsp3) is 0.525. The number of fused-ring (bicyclic) bond motifs is 2. The van der Waals surface area contributed by atoms with E-state index in [1.165, 1.54) is 12.0 Å². The number of nitrogens with zero attached hydrogens (tertiary/aromatic N) is 2. The molecule has 13 heteroatoms. The van der Waals surface area contributed by atoms with E-state index in [1.54, 1.807) is 13.0 Å². The Balaban J connectivity index is 1.34. The van der Waals surface area contributed by atoms with Crippen LogP contribution in [0.3, 0.4) is 0 Å². The zero-order chi connectivity index (χ0) is 38.1. The number of likely N-dealkylation sites (tertiary alicyclic amines) is 1. The quantitative estimate of drug-likeness (QED) is 0.201. The summed E-state index contributed by atoms with van der Waals surface area (Å²) in [7, 11) is 1.50. The fourth-order valence-electron chi connectivity index (χ4n) is 8.45. The molecule has 53 heavy (non-hydrogen) atoms. The van der Waals surface area contributed by atoms with Crippen LogP contribution in [0, 0.1) is 6.92 Å². The minimum absolute atomic E-state index is 0.0209. The average molecular weight is 743 g/mol. The number of anilines is 1. The zero-order valence-electron chi connectivity index (χ0n) is 30.7. The first-order valence-electron chi connectivity index (χ1n) is 18.3. The number of aryl methyl sites for hydroxylation is 1. The third kappa shape index (κ3) is 7.75. The number of amides is 1. The number of benzene rings is 2. The normalized spacial score (nSPS) is 19.4. The number of nitrogens with one attached hydrogen (secondary N) is 2. The molecule has 2 saturated heterocycles. The standard InChI is InChI=1S/C40H47F5N4O4/c1-5-49(30-9-16-53-17-10-30)35-21-29(19-31(26(35)3)37(51)46-22-32-34(23-50)47-25(2)18-36(32)52-4)28-7-6-27-8-11-38(33(27)20-28)12-14-48(15-13-38)24-39(41,42)40(43,44)45/h6-7,18-21,30,47H,5,8-17,22,24H2,1-4H3,(H,46,51). The molecule has 1 amide bonds. The topological polar surface area (TPSA) is 83.1 Å². The second-order valence-electron chi connectivity index (χ2n) is 14.6. The molecule has 2 aromatic rings. The average Bonchev–Trinajstić information content (AvgIpc) is 3.49. The molecule has 3 aliphatic heterocycles. The Kier molecular flexibility index (Phi) is 11.1. The lowest BCUT2D eigenvalue weighted by Gasteiger charge is -2.41. The van der Waals surface area contributed by atoms with Gasteiger partial charge in [-0.2, -0.15) is 22.0 Å². The lowest BCUT2D eigenvalue weighted by atomic mass is 9.73. The Labute approximate surface area is 307 Å². The molecule has 2 N–H and O–H groups in total. The van der Waals surface area contributed by atoms with Crippen LogP contribution >= 0.6 is 0 Å². The molecule has 0 saturated carbocycles. The van der Waals surface area contributed by atoms with Gasteiger partial charge in [0.1, 0.15) is 11.5 Å². The van der Waals surface area contributed by atoms with Gasteiger partial charge in [-0.05, 0) is 124 Å². The van der Waals surface area contributed by atoms with E-state index in [4.69, 9.17) is 9.47 Å². The van der Waals surface area contributed by atoms with E-state index in [9.17, 15) is 31.5 Å². The van der Waals surface area contributed by atoms with E-state index in [0.717, 1.165) is 59.2 Å². The van der Waals surface area contributed by atoms with Gasteiger partial charge in [0.2, 0.25) is 0 Å². The predicted octanol–water partition coefficient (Wildman–Crippen LogP) is 7.00. The smallest absolute Gasteiger partial charge is 0.454 e. The number of alkyl halides is 5. The monoisotopic (exact) mass is 742 g/mol. The molecule has 0 atom stereocenters. The van der Waals surface area contributed by atoms with Crippen molar-refractivity contribution in [3.63, 3.8) is 0 Å². The molecule has 2 fully saturated rings. The van der Waals surface area contributed by atoms with Crippen LogP contribution in [0.1, 0.15) is 73.0 Å². The van der Waals surface area contributed by atoms with Crippen molar-refractivity contribution in [2.75, 3.05) is 57.9 Å². The predicted molar refractivity (Wildman–Crippen MR) is 193 cm³/mol. The number of rotatable bonds is 10. The summed E-state index contributed by atoms with van der Waals surface area (Å²) in [5, 5.41) is 5.98. The van der Waals surface area contributed by atoms with Crippen molar-refractivity contribution >= 4 is 17.5 Å². The van der Waals surface area contributed by atoms with Crippen molar-refractivity contribution in [2.45, 2.75) is 82.9 Å². The van der Waals surface area contributed by atoms with Crippen molar-refractivity contribution in [3.8, 4) is 11.1 Å². The first-order valence-corrected chi connectivity index (χ1v) is 18.3. The van der Waals surface area contributed by atoms with E-state index in [0.29, 0.717) is 55.2 Å². The van der Waals surface area contributed by atoms with Crippen molar-refractivity contribution in [2.24, 2.45) is 0 Å². The van der Waals surface area contributed by atoms with Gasteiger partial charge in [0.05, 0.1) is 13.7 Å². The molecule has 3 heterocycles. The van der Waals surface area contributed by atoms with E-state index in [-0.39, 0.29) is 42.7 Å². The van der Waals surface area contributed by atoms with E-state index >= 15 is 0 Å². The van der Waals surface area contributed by atoms with E-state index in [1.807, 2.05) is 25.0 Å². The van der Waals surface area contributed by atoms with Crippen LogP contribution in [0.5, 0.6) is 0 Å². The number of dihydropyridines is 1. The number of hydrogen-bond acceptors (Lipinski definition) is 7. The van der Waals surface area contributed by atoms with Gasteiger partial charge in [-0.25, -0.2) is 4.79 Å². The summed E-state index contributed by atoms with van der Waals surface area (Å²) >= 11 is 0. The van der Waals surface area contributed by atoms with Crippen LogP contribution in [0.4, 0.5) is 27.6 Å². The van der Waals surface area contributed by atoms with Crippen LogP contribution in [-0.4, -0.2) is 87.9 Å². The highest BCUT2D eigenvalue weighted by molar-refractivity contribution is 5.99. The minimum atomic E-state index is -5.58. The second-order valence-corrected chi connectivity index (χ2v) is 14.6. The molecule has 8 nitrogen and oxygen atoms in total. The Morgan fingerprint density at radius 2 is 1.79 bits per heavy atom. The van der Waals surface area contributed by atoms with Crippen LogP contribution in [0.15, 0.2) is 59.1 Å².